The second-order valence-corrected chi connectivity index (χ2v) is 5.29. The molecule has 1 aromatic carbocycles. The van der Waals surface area contributed by atoms with Gasteiger partial charge in [0.2, 0.25) is 0 Å². The lowest BCUT2D eigenvalue weighted by Gasteiger charge is -2.22. The summed E-state index contributed by atoms with van der Waals surface area (Å²) in [6, 6.07) is 11.9. The van der Waals surface area contributed by atoms with E-state index in [-0.39, 0.29) is 12.1 Å². The number of rotatable bonds is 5. The molecule has 0 aliphatic rings. The second kappa shape index (κ2) is 7.75. The molecule has 1 aromatic heterocycles. The van der Waals surface area contributed by atoms with Gasteiger partial charge >= 0.3 is 6.18 Å². The molecule has 0 spiro atoms. The molecular formula is C19H17F3N2O. The van der Waals surface area contributed by atoms with Gasteiger partial charge in [0.1, 0.15) is 5.76 Å². The molecule has 0 unspecified atom stereocenters. The molecule has 2 aromatic rings. The van der Waals surface area contributed by atoms with Gasteiger partial charge in [0.05, 0.1) is 29.2 Å². The average Bonchev–Trinajstić information content (AvgIpc) is 3.11. The van der Waals surface area contributed by atoms with E-state index in [0.717, 1.165) is 12.2 Å². The number of benzene rings is 1. The number of allylic oxidation sites excluding steroid dienone is 3. The molecule has 0 saturated carbocycles. The third-order valence-electron chi connectivity index (χ3n) is 3.54. The molecule has 0 N–H and O–H groups in total. The van der Waals surface area contributed by atoms with Crippen molar-refractivity contribution in [1.82, 2.24) is 0 Å². The van der Waals surface area contributed by atoms with Crippen molar-refractivity contribution in [2.24, 2.45) is 0 Å². The Morgan fingerprint density at radius 2 is 2.04 bits per heavy atom. The number of hydrogen-bond donors (Lipinski definition) is 0. The minimum atomic E-state index is -4.47. The molecule has 130 valence electrons. The molecule has 0 aliphatic carbocycles. The lowest BCUT2D eigenvalue weighted by molar-refractivity contribution is -0.0883. The van der Waals surface area contributed by atoms with Crippen molar-refractivity contribution in [2.45, 2.75) is 19.5 Å². The molecule has 0 radical (unpaired) electrons. The average molecular weight is 346 g/mol. The van der Waals surface area contributed by atoms with Gasteiger partial charge in [-0.15, -0.1) is 0 Å². The molecule has 0 aliphatic heterocycles. The Kier molecular flexibility index (Phi) is 5.71. The van der Waals surface area contributed by atoms with Crippen molar-refractivity contribution >= 4 is 11.4 Å². The summed E-state index contributed by atoms with van der Waals surface area (Å²) in [5.74, 6) is 0.302. The summed E-state index contributed by atoms with van der Waals surface area (Å²) in [7, 11) is 1.63. The monoisotopic (exact) mass is 346 g/mol. The minimum absolute atomic E-state index is 0.247. The molecule has 1 heterocycles. The standard InChI is InChI=1S/C19H17F3N2O/c1-3-6-15(19(20,21)22)12-17(18-9-5-10-25-18)24(2)16-8-4-7-14(11-16)13-23/h4-12H,3H2,1-2H3/b15-6-,17-12-. The van der Waals surface area contributed by atoms with Gasteiger partial charge in [-0.3, -0.25) is 0 Å². The Morgan fingerprint density at radius 3 is 2.60 bits per heavy atom. The van der Waals surface area contributed by atoms with E-state index in [0.29, 0.717) is 17.0 Å². The maximum Gasteiger partial charge on any atom is 0.416 e. The highest BCUT2D eigenvalue weighted by atomic mass is 19.4. The van der Waals surface area contributed by atoms with E-state index in [1.807, 2.05) is 6.07 Å². The van der Waals surface area contributed by atoms with Crippen molar-refractivity contribution in [1.29, 1.82) is 5.26 Å². The predicted molar refractivity (Wildman–Crippen MR) is 90.7 cm³/mol. The Hall–Kier alpha value is -2.94. The van der Waals surface area contributed by atoms with Gasteiger partial charge in [-0.05, 0) is 42.8 Å². The number of halogens is 3. The number of hydrogen-bond acceptors (Lipinski definition) is 3. The summed E-state index contributed by atoms with van der Waals surface area (Å²) in [5.41, 5.74) is 0.504. The summed E-state index contributed by atoms with van der Waals surface area (Å²) < 4.78 is 45.2. The highest BCUT2D eigenvalue weighted by molar-refractivity contribution is 5.78. The van der Waals surface area contributed by atoms with E-state index in [4.69, 9.17) is 9.68 Å². The van der Waals surface area contributed by atoms with Gasteiger partial charge in [0.15, 0.2) is 0 Å². The van der Waals surface area contributed by atoms with Crippen LogP contribution in [0.2, 0.25) is 0 Å². The first-order valence-corrected chi connectivity index (χ1v) is 7.63. The van der Waals surface area contributed by atoms with Crippen LogP contribution in [0.3, 0.4) is 0 Å². The van der Waals surface area contributed by atoms with Crippen LogP contribution >= 0.6 is 0 Å². The Balaban J connectivity index is 2.55. The molecule has 0 amide bonds. The van der Waals surface area contributed by atoms with Crippen LogP contribution in [0.5, 0.6) is 0 Å². The zero-order valence-corrected chi connectivity index (χ0v) is 13.8. The summed E-state index contributed by atoms with van der Waals surface area (Å²) in [6.07, 6.45) is -0.628. The minimum Gasteiger partial charge on any atom is -0.463 e. The van der Waals surface area contributed by atoms with Crippen LogP contribution in [-0.2, 0) is 0 Å². The quantitative estimate of drug-likeness (QED) is 0.669. The first kappa shape index (κ1) is 18.4. The first-order chi connectivity index (χ1) is 11.9. The van der Waals surface area contributed by atoms with Gasteiger partial charge in [0.25, 0.3) is 0 Å². The Labute approximate surface area is 144 Å². The van der Waals surface area contributed by atoms with Gasteiger partial charge < -0.3 is 9.32 Å². The lowest BCUT2D eigenvalue weighted by atomic mass is 10.1. The molecule has 0 bridgehead atoms. The number of anilines is 1. The summed E-state index contributed by atoms with van der Waals surface area (Å²) in [5, 5.41) is 9.03. The number of alkyl halides is 3. The van der Waals surface area contributed by atoms with Gasteiger partial charge in [-0.2, -0.15) is 18.4 Å². The van der Waals surface area contributed by atoms with Crippen molar-refractivity contribution < 1.29 is 17.6 Å². The fraction of sp³-hybridized carbons (Fsp3) is 0.211. The van der Waals surface area contributed by atoms with Crippen LogP contribution in [0.15, 0.2) is 64.8 Å². The maximum atomic E-state index is 13.3. The van der Waals surface area contributed by atoms with E-state index in [9.17, 15) is 13.2 Å². The van der Waals surface area contributed by atoms with Crippen LogP contribution in [0, 0.1) is 11.3 Å². The van der Waals surface area contributed by atoms with Crippen LogP contribution in [0.4, 0.5) is 18.9 Å². The topological polar surface area (TPSA) is 40.2 Å². The molecule has 0 fully saturated rings. The predicted octanol–water partition coefficient (Wildman–Crippen LogP) is 5.53. The van der Waals surface area contributed by atoms with Gasteiger partial charge in [0, 0.05) is 12.7 Å². The fourth-order valence-electron chi connectivity index (χ4n) is 2.30. The summed E-state index contributed by atoms with van der Waals surface area (Å²) in [6.45, 7) is 1.65. The van der Waals surface area contributed by atoms with Crippen LogP contribution in [0.1, 0.15) is 24.7 Å². The SMILES string of the molecule is CC/C=C(/C=C(/c1ccco1)N(C)c1cccc(C#N)c1)C(F)(F)F. The van der Waals surface area contributed by atoms with Crippen molar-refractivity contribution in [3.63, 3.8) is 0 Å². The van der Waals surface area contributed by atoms with Crippen molar-refractivity contribution in [2.75, 3.05) is 11.9 Å². The number of nitriles is 1. The smallest absolute Gasteiger partial charge is 0.416 e. The molecule has 25 heavy (non-hydrogen) atoms. The Morgan fingerprint density at radius 1 is 1.28 bits per heavy atom. The third kappa shape index (κ3) is 4.54. The van der Waals surface area contributed by atoms with E-state index in [2.05, 4.69) is 0 Å². The largest absolute Gasteiger partial charge is 0.463 e. The molecule has 6 heteroatoms. The van der Waals surface area contributed by atoms with Crippen molar-refractivity contribution in [3.05, 3.63) is 71.7 Å². The van der Waals surface area contributed by atoms with E-state index < -0.39 is 11.7 Å². The first-order valence-electron chi connectivity index (χ1n) is 7.63. The molecule has 0 saturated heterocycles. The molecule has 3 nitrogen and oxygen atoms in total. The highest BCUT2D eigenvalue weighted by Gasteiger charge is 2.32. The van der Waals surface area contributed by atoms with Gasteiger partial charge in [-0.1, -0.05) is 19.1 Å². The van der Waals surface area contributed by atoms with E-state index in [1.165, 1.54) is 6.26 Å². The van der Waals surface area contributed by atoms with Crippen LogP contribution in [0.25, 0.3) is 5.70 Å². The molecule has 2 rings (SSSR count). The zero-order valence-electron chi connectivity index (χ0n) is 13.8. The summed E-state index contributed by atoms with van der Waals surface area (Å²) >= 11 is 0. The van der Waals surface area contributed by atoms with Crippen LogP contribution in [-0.4, -0.2) is 13.2 Å². The number of furan rings is 1. The van der Waals surface area contributed by atoms with E-state index >= 15 is 0 Å². The number of nitrogens with zero attached hydrogens (tertiary/aromatic N) is 2. The zero-order chi connectivity index (χ0) is 18.4. The van der Waals surface area contributed by atoms with Crippen LogP contribution < -0.4 is 4.90 Å². The van der Waals surface area contributed by atoms with E-state index in [1.54, 1.807) is 55.3 Å². The third-order valence-corrected chi connectivity index (χ3v) is 3.54. The molecule has 0 atom stereocenters. The molecular weight excluding hydrogens is 329 g/mol. The van der Waals surface area contributed by atoms with Gasteiger partial charge in [-0.25, -0.2) is 0 Å². The lowest BCUT2D eigenvalue weighted by Crippen LogP contribution is -2.18. The van der Waals surface area contributed by atoms with Crippen molar-refractivity contribution in [3.8, 4) is 6.07 Å². The maximum absolute atomic E-state index is 13.3. The highest BCUT2D eigenvalue weighted by Crippen LogP contribution is 2.32. The Bertz CT molecular complexity index is 812. The summed E-state index contributed by atoms with van der Waals surface area (Å²) in [4.78, 5) is 1.56. The second-order valence-electron chi connectivity index (χ2n) is 5.29. The fourth-order valence-corrected chi connectivity index (χ4v) is 2.30. The normalized spacial score (nSPS) is 12.8.